The monoisotopic (exact) mass is 461 g/mol. The third kappa shape index (κ3) is 4.39. The zero-order valence-corrected chi connectivity index (χ0v) is 19.8. The first-order chi connectivity index (χ1) is 16.5. The predicted molar refractivity (Wildman–Crippen MR) is 130 cm³/mol. The average Bonchev–Trinajstić information content (AvgIpc) is 3.32. The third-order valence-corrected chi connectivity index (χ3v) is 7.47. The molecule has 7 heteroatoms. The molecule has 5 rings (SSSR count). The van der Waals surface area contributed by atoms with Gasteiger partial charge in [0, 0.05) is 24.4 Å². The van der Waals surface area contributed by atoms with Gasteiger partial charge in [-0.3, -0.25) is 14.3 Å². The molecule has 34 heavy (non-hydrogen) atoms. The lowest BCUT2D eigenvalue weighted by Gasteiger charge is -2.42. The number of carbonyl (C=O) groups excluding carboxylic acids is 1. The molecule has 1 amide bonds. The molecule has 1 aliphatic heterocycles. The highest BCUT2D eigenvalue weighted by Crippen LogP contribution is 2.36. The first-order valence-electron chi connectivity index (χ1n) is 12.1. The molecule has 2 heterocycles. The predicted octanol–water partition coefficient (Wildman–Crippen LogP) is 4.37. The number of carbonyl (C=O) groups is 1. The summed E-state index contributed by atoms with van der Waals surface area (Å²) < 4.78 is 12.8. The van der Waals surface area contributed by atoms with Crippen LogP contribution in [0.5, 0.6) is 11.5 Å². The topological polar surface area (TPSA) is 73.7 Å². The minimum absolute atomic E-state index is 0.104. The minimum atomic E-state index is -0.104. The summed E-state index contributed by atoms with van der Waals surface area (Å²) in [4.78, 5) is 27.9. The lowest BCUT2D eigenvalue weighted by molar-refractivity contribution is -0.137. The van der Waals surface area contributed by atoms with E-state index in [0.29, 0.717) is 36.7 Å². The zero-order valence-electron chi connectivity index (χ0n) is 19.8. The van der Waals surface area contributed by atoms with Crippen molar-refractivity contribution in [2.45, 2.75) is 58.7 Å². The average molecular weight is 462 g/mol. The van der Waals surface area contributed by atoms with Crippen LogP contribution in [0.4, 0.5) is 0 Å². The molecule has 2 aromatic carbocycles. The molecule has 3 unspecified atom stereocenters. The van der Waals surface area contributed by atoms with Gasteiger partial charge < -0.3 is 14.4 Å². The molecule has 1 aromatic heterocycles. The molecule has 3 aromatic rings. The minimum Gasteiger partial charge on any atom is -0.454 e. The van der Waals surface area contributed by atoms with Crippen molar-refractivity contribution in [2.24, 2.45) is 11.8 Å². The SMILES string of the molecule is CC1CCCC(N(Cc2ccc3c(c2)OCO3)C(=O)CCn2ncc(=O)c3ccccc32)C1C. The Kier molecular flexibility index (Phi) is 6.26. The number of ether oxygens (including phenoxy) is 2. The Morgan fingerprint density at radius 2 is 1.94 bits per heavy atom. The molecule has 178 valence electrons. The molecular formula is C27H31N3O4. The standard InChI is InChI=1S/C27H31N3O4/c1-18-6-5-9-22(19(18)2)29(16-20-10-11-25-26(14-20)34-17-33-25)27(32)12-13-30-23-8-4-3-7-21(23)24(31)15-28-30/h3-4,7-8,10-11,14-15,18-19,22H,5-6,9,12-13,16-17H2,1-2H3. The molecule has 3 atom stereocenters. The summed E-state index contributed by atoms with van der Waals surface area (Å²) in [6.07, 6.45) is 5.01. The van der Waals surface area contributed by atoms with E-state index in [1.807, 2.05) is 36.4 Å². The zero-order chi connectivity index (χ0) is 23.7. The maximum absolute atomic E-state index is 13.7. The summed E-state index contributed by atoms with van der Waals surface area (Å²) in [5.41, 5.74) is 1.69. The van der Waals surface area contributed by atoms with Crippen molar-refractivity contribution in [2.75, 3.05) is 6.79 Å². The smallest absolute Gasteiger partial charge is 0.231 e. The van der Waals surface area contributed by atoms with Crippen LogP contribution in [0, 0.1) is 11.8 Å². The van der Waals surface area contributed by atoms with Gasteiger partial charge in [0.25, 0.3) is 0 Å². The van der Waals surface area contributed by atoms with Gasteiger partial charge in [0.05, 0.1) is 18.3 Å². The summed E-state index contributed by atoms with van der Waals surface area (Å²) in [7, 11) is 0. The first-order valence-corrected chi connectivity index (χ1v) is 12.1. The van der Waals surface area contributed by atoms with Crippen molar-refractivity contribution in [3.05, 3.63) is 64.4 Å². The number of amides is 1. The number of nitrogens with zero attached hydrogens (tertiary/aromatic N) is 3. The second-order valence-electron chi connectivity index (χ2n) is 9.54. The number of aromatic nitrogens is 2. The van der Waals surface area contributed by atoms with E-state index in [0.717, 1.165) is 35.4 Å². The van der Waals surface area contributed by atoms with E-state index in [2.05, 4.69) is 23.8 Å². The highest BCUT2D eigenvalue weighted by Gasteiger charge is 2.34. The summed E-state index contributed by atoms with van der Waals surface area (Å²) in [5, 5.41) is 4.93. The van der Waals surface area contributed by atoms with E-state index in [1.54, 1.807) is 10.7 Å². The summed E-state index contributed by atoms with van der Waals surface area (Å²) in [5.74, 6) is 2.60. The van der Waals surface area contributed by atoms with E-state index in [1.165, 1.54) is 12.6 Å². The van der Waals surface area contributed by atoms with Crippen molar-refractivity contribution in [1.82, 2.24) is 14.7 Å². The third-order valence-electron chi connectivity index (χ3n) is 7.47. The van der Waals surface area contributed by atoms with Crippen molar-refractivity contribution in [3.8, 4) is 11.5 Å². The van der Waals surface area contributed by atoms with Crippen LogP contribution in [-0.2, 0) is 17.9 Å². The van der Waals surface area contributed by atoms with Crippen molar-refractivity contribution in [1.29, 1.82) is 0 Å². The molecule has 7 nitrogen and oxygen atoms in total. The molecule has 2 aliphatic rings. The van der Waals surface area contributed by atoms with Gasteiger partial charge in [-0.2, -0.15) is 5.10 Å². The number of fused-ring (bicyclic) bond motifs is 2. The first kappa shape index (κ1) is 22.4. The van der Waals surface area contributed by atoms with Gasteiger partial charge in [-0.05, 0) is 48.1 Å². The number of rotatable bonds is 6. The normalized spacial score (nSPS) is 21.5. The van der Waals surface area contributed by atoms with Gasteiger partial charge in [0.2, 0.25) is 18.1 Å². The Hall–Kier alpha value is -3.35. The Morgan fingerprint density at radius 1 is 1.12 bits per heavy atom. The Bertz CT molecular complexity index is 1250. The molecule has 0 radical (unpaired) electrons. The van der Waals surface area contributed by atoms with Crippen molar-refractivity contribution in [3.63, 3.8) is 0 Å². The number of aryl methyl sites for hydroxylation is 1. The summed E-state index contributed by atoms with van der Waals surface area (Å²) in [6.45, 7) is 5.75. The largest absolute Gasteiger partial charge is 0.454 e. The van der Waals surface area contributed by atoms with Gasteiger partial charge in [-0.25, -0.2) is 0 Å². The van der Waals surface area contributed by atoms with Crippen LogP contribution in [0.2, 0.25) is 0 Å². The maximum Gasteiger partial charge on any atom is 0.231 e. The molecule has 0 spiro atoms. The second kappa shape index (κ2) is 9.49. The van der Waals surface area contributed by atoms with Crippen LogP contribution in [0.3, 0.4) is 0 Å². The number of hydrogen-bond donors (Lipinski definition) is 0. The van der Waals surface area contributed by atoms with Crippen LogP contribution in [0.25, 0.3) is 10.9 Å². The lowest BCUT2D eigenvalue weighted by Crippen LogP contribution is -2.47. The van der Waals surface area contributed by atoms with Crippen LogP contribution >= 0.6 is 0 Å². The lowest BCUT2D eigenvalue weighted by atomic mass is 9.77. The highest BCUT2D eigenvalue weighted by atomic mass is 16.7. The van der Waals surface area contributed by atoms with Crippen LogP contribution in [0.1, 0.15) is 45.1 Å². The van der Waals surface area contributed by atoms with E-state index in [-0.39, 0.29) is 24.2 Å². The molecule has 1 saturated carbocycles. The van der Waals surface area contributed by atoms with Gasteiger partial charge >= 0.3 is 0 Å². The quantitative estimate of drug-likeness (QED) is 0.545. The highest BCUT2D eigenvalue weighted by molar-refractivity contribution is 5.79. The molecule has 1 aliphatic carbocycles. The summed E-state index contributed by atoms with van der Waals surface area (Å²) >= 11 is 0. The molecule has 0 saturated heterocycles. The molecule has 0 bridgehead atoms. The van der Waals surface area contributed by atoms with Gasteiger partial charge in [0.15, 0.2) is 11.5 Å². The van der Waals surface area contributed by atoms with Crippen molar-refractivity contribution < 1.29 is 14.3 Å². The van der Waals surface area contributed by atoms with Crippen LogP contribution in [-0.4, -0.2) is 33.4 Å². The number of benzene rings is 2. The van der Waals surface area contributed by atoms with E-state index in [4.69, 9.17) is 9.47 Å². The second-order valence-corrected chi connectivity index (χ2v) is 9.54. The van der Waals surface area contributed by atoms with Gasteiger partial charge in [0.1, 0.15) is 0 Å². The Labute approximate surface area is 199 Å². The van der Waals surface area contributed by atoms with Crippen LogP contribution in [0.15, 0.2) is 53.5 Å². The fourth-order valence-corrected chi connectivity index (χ4v) is 5.30. The maximum atomic E-state index is 13.7. The molecular weight excluding hydrogens is 430 g/mol. The molecule has 0 N–H and O–H groups in total. The number of hydrogen-bond acceptors (Lipinski definition) is 5. The van der Waals surface area contributed by atoms with Crippen molar-refractivity contribution >= 4 is 16.8 Å². The Morgan fingerprint density at radius 3 is 2.82 bits per heavy atom. The fraction of sp³-hybridized carbons (Fsp3) is 0.444. The van der Waals surface area contributed by atoms with E-state index in [9.17, 15) is 9.59 Å². The van der Waals surface area contributed by atoms with E-state index < -0.39 is 0 Å². The Balaban J connectivity index is 1.39. The summed E-state index contributed by atoms with van der Waals surface area (Å²) in [6, 6.07) is 13.5. The number of para-hydroxylation sites is 1. The van der Waals surface area contributed by atoms with Crippen LogP contribution < -0.4 is 14.9 Å². The van der Waals surface area contributed by atoms with Gasteiger partial charge in [-0.15, -0.1) is 0 Å². The van der Waals surface area contributed by atoms with E-state index >= 15 is 0 Å². The fourth-order valence-electron chi connectivity index (χ4n) is 5.30. The molecule has 1 fully saturated rings. The van der Waals surface area contributed by atoms with Gasteiger partial charge in [-0.1, -0.05) is 44.9 Å².